The van der Waals surface area contributed by atoms with Gasteiger partial charge in [0.05, 0.1) is 6.10 Å². The van der Waals surface area contributed by atoms with Crippen molar-refractivity contribution in [3.05, 3.63) is 0 Å². The van der Waals surface area contributed by atoms with Gasteiger partial charge in [0.25, 0.3) is 0 Å². The molecule has 0 spiro atoms. The third kappa shape index (κ3) is 4.31. The summed E-state index contributed by atoms with van der Waals surface area (Å²) >= 11 is 0. The van der Waals surface area contributed by atoms with Crippen LogP contribution in [-0.2, 0) is 19.2 Å². The van der Waals surface area contributed by atoms with Gasteiger partial charge in [-0.25, -0.2) is 4.79 Å². The van der Waals surface area contributed by atoms with Crippen LogP contribution in [0.25, 0.3) is 0 Å². The molecule has 1 heterocycles. The number of imide groups is 1. The molecule has 2 N–H and O–H groups in total. The van der Waals surface area contributed by atoms with Gasteiger partial charge < -0.3 is 10.2 Å². The number of rotatable bonds is 6. The third-order valence-corrected chi connectivity index (χ3v) is 5.75. The zero-order valence-corrected chi connectivity index (χ0v) is 15.7. The summed E-state index contributed by atoms with van der Waals surface area (Å²) in [5, 5.41) is 19.8. The topological polar surface area (TPSA) is 112 Å². The van der Waals surface area contributed by atoms with Gasteiger partial charge in [-0.2, -0.15) is 0 Å². The highest BCUT2D eigenvalue weighted by molar-refractivity contribution is 6.01. The Balaban J connectivity index is 2.02. The van der Waals surface area contributed by atoms with E-state index >= 15 is 0 Å². The molecule has 7 nitrogen and oxygen atoms in total. The van der Waals surface area contributed by atoms with Crippen LogP contribution in [0.5, 0.6) is 0 Å². The average molecular weight is 367 g/mol. The fraction of sp³-hybridized carbons (Fsp3) is 0.789. The van der Waals surface area contributed by atoms with Gasteiger partial charge in [-0.3, -0.25) is 19.3 Å². The molecule has 7 heteroatoms. The first kappa shape index (κ1) is 20.6. The Morgan fingerprint density at radius 3 is 2.23 bits per heavy atom. The van der Waals surface area contributed by atoms with Gasteiger partial charge in [0.15, 0.2) is 0 Å². The molecule has 0 aromatic carbocycles. The number of carboxylic acids is 1. The molecular formula is C19H29NO6. The van der Waals surface area contributed by atoms with Crippen LogP contribution >= 0.6 is 0 Å². The maximum Gasteiger partial charge on any atom is 0.326 e. The number of carboxylic acid groups (broad SMARTS) is 1. The van der Waals surface area contributed by atoms with Crippen molar-refractivity contribution in [3.8, 4) is 0 Å². The van der Waals surface area contributed by atoms with Gasteiger partial charge in [0.1, 0.15) is 11.8 Å². The predicted octanol–water partition coefficient (Wildman–Crippen LogP) is 1.62. The highest BCUT2D eigenvalue weighted by atomic mass is 16.4. The van der Waals surface area contributed by atoms with E-state index in [2.05, 4.69) is 6.92 Å². The van der Waals surface area contributed by atoms with E-state index in [1.165, 1.54) is 0 Å². The molecule has 5 unspecified atom stereocenters. The number of amides is 2. The average Bonchev–Trinajstić information content (AvgIpc) is 2.53. The molecule has 0 aromatic rings. The van der Waals surface area contributed by atoms with E-state index in [1.54, 1.807) is 6.92 Å². The van der Waals surface area contributed by atoms with Crippen molar-refractivity contribution in [2.24, 2.45) is 23.7 Å². The molecular weight excluding hydrogens is 338 g/mol. The number of ketones is 1. The summed E-state index contributed by atoms with van der Waals surface area (Å²) in [7, 11) is 0. The summed E-state index contributed by atoms with van der Waals surface area (Å²) in [6, 6.07) is -1.14. The van der Waals surface area contributed by atoms with Crippen molar-refractivity contribution in [2.75, 3.05) is 0 Å². The summed E-state index contributed by atoms with van der Waals surface area (Å²) < 4.78 is 0. The monoisotopic (exact) mass is 367 g/mol. The Kier molecular flexibility index (Phi) is 6.55. The summed E-state index contributed by atoms with van der Waals surface area (Å²) in [6.07, 6.45) is 1.01. The normalized spacial score (nSPS) is 30.4. The number of hydrogen-bond acceptors (Lipinski definition) is 5. The lowest BCUT2D eigenvalue weighted by Gasteiger charge is -2.37. The molecule has 1 aliphatic carbocycles. The van der Waals surface area contributed by atoms with Gasteiger partial charge in [-0.05, 0) is 37.5 Å². The van der Waals surface area contributed by atoms with Crippen molar-refractivity contribution in [2.45, 2.75) is 71.4 Å². The molecule has 2 aliphatic rings. The van der Waals surface area contributed by atoms with Crippen molar-refractivity contribution < 1.29 is 29.4 Å². The SMILES string of the molecule is CCC(C(=O)O)N1C(=O)CC(CC(O)C2CC(C)CC(C)C2=O)CC1=O. The Labute approximate surface area is 153 Å². The van der Waals surface area contributed by atoms with Crippen molar-refractivity contribution in [1.29, 1.82) is 0 Å². The van der Waals surface area contributed by atoms with Crippen LogP contribution < -0.4 is 0 Å². The molecule has 1 aliphatic heterocycles. The molecule has 0 aromatic heterocycles. The standard InChI is InChI=1S/C19H29NO6/c1-4-14(19(25)26)20-16(22)8-12(9-17(20)23)7-15(21)13-6-10(2)5-11(3)18(13)24/h10-15,21H,4-9H2,1-3H3,(H,25,26). The molecule has 2 amide bonds. The minimum atomic E-state index is -1.19. The van der Waals surface area contributed by atoms with Crippen LogP contribution in [0.1, 0.15) is 59.3 Å². The van der Waals surface area contributed by atoms with Crippen molar-refractivity contribution in [1.82, 2.24) is 4.90 Å². The van der Waals surface area contributed by atoms with Crippen LogP contribution in [0.3, 0.4) is 0 Å². The lowest BCUT2D eigenvalue weighted by atomic mass is 9.71. The number of hydrogen-bond donors (Lipinski definition) is 2. The minimum absolute atomic E-state index is 0.0264. The predicted molar refractivity (Wildman–Crippen MR) is 93.0 cm³/mol. The van der Waals surface area contributed by atoms with E-state index in [9.17, 15) is 29.4 Å². The van der Waals surface area contributed by atoms with E-state index in [0.717, 1.165) is 11.3 Å². The van der Waals surface area contributed by atoms with E-state index in [0.29, 0.717) is 12.3 Å². The van der Waals surface area contributed by atoms with E-state index < -0.39 is 35.8 Å². The molecule has 1 saturated carbocycles. The number of aliphatic hydroxyl groups excluding tert-OH is 1. The van der Waals surface area contributed by atoms with Crippen LogP contribution in [0.4, 0.5) is 0 Å². The number of aliphatic carboxylic acids is 1. The van der Waals surface area contributed by atoms with Gasteiger partial charge >= 0.3 is 5.97 Å². The van der Waals surface area contributed by atoms with E-state index in [-0.39, 0.29) is 43.3 Å². The maximum atomic E-state index is 12.4. The van der Waals surface area contributed by atoms with Crippen LogP contribution in [0, 0.1) is 23.7 Å². The third-order valence-electron chi connectivity index (χ3n) is 5.75. The van der Waals surface area contributed by atoms with Gasteiger partial charge in [-0.15, -0.1) is 0 Å². The first-order chi connectivity index (χ1) is 12.1. The highest BCUT2D eigenvalue weighted by Gasteiger charge is 2.42. The number of aliphatic hydroxyl groups is 1. The molecule has 0 bridgehead atoms. The first-order valence-corrected chi connectivity index (χ1v) is 9.45. The number of nitrogens with zero attached hydrogens (tertiary/aromatic N) is 1. The number of likely N-dealkylation sites (tertiary alicyclic amines) is 1. The van der Waals surface area contributed by atoms with Gasteiger partial charge in [0, 0.05) is 24.7 Å². The second-order valence-electron chi connectivity index (χ2n) is 7.98. The Bertz CT molecular complexity index is 571. The Morgan fingerprint density at radius 1 is 1.15 bits per heavy atom. The molecule has 146 valence electrons. The number of carbonyl (C=O) groups excluding carboxylic acids is 3. The van der Waals surface area contributed by atoms with Crippen LogP contribution in [0.2, 0.25) is 0 Å². The summed E-state index contributed by atoms with van der Waals surface area (Å²) in [4.78, 5) is 49.2. The van der Waals surface area contributed by atoms with Gasteiger partial charge in [-0.1, -0.05) is 20.8 Å². The van der Waals surface area contributed by atoms with Gasteiger partial charge in [0.2, 0.25) is 11.8 Å². The van der Waals surface area contributed by atoms with Crippen molar-refractivity contribution >= 4 is 23.6 Å². The number of carbonyl (C=O) groups is 4. The minimum Gasteiger partial charge on any atom is -0.480 e. The molecule has 0 radical (unpaired) electrons. The summed E-state index contributed by atoms with van der Waals surface area (Å²) in [6.45, 7) is 5.55. The maximum absolute atomic E-state index is 12.4. The Morgan fingerprint density at radius 2 is 1.73 bits per heavy atom. The smallest absolute Gasteiger partial charge is 0.326 e. The first-order valence-electron chi connectivity index (χ1n) is 9.45. The highest BCUT2D eigenvalue weighted by Crippen LogP contribution is 2.35. The molecule has 2 rings (SSSR count). The van der Waals surface area contributed by atoms with Crippen LogP contribution in [0.15, 0.2) is 0 Å². The van der Waals surface area contributed by atoms with Crippen molar-refractivity contribution in [3.63, 3.8) is 0 Å². The van der Waals surface area contributed by atoms with E-state index in [1.807, 2.05) is 6.92 Å². The zero-order chi connectivity index (χ0) is 19.6. The largest absolute Gasteiger partial charge is 0.480 e. The lowest BCUT2D eigenvalue weighted by Crippen LogP contribution is -2.52. The molecule has 2 fully saturated rings. The number of Topliss-reactive ketones (excluding diaryl/α,β-unsaturated/α-hetero) is 1. The summed E-state index contributed by atoms with van der Waals surface area (Å²) in [5.74, 6) is -2.68. The molecule has 1 saturated heterocycles. The second kappa shape index (κ2) is 8.29. The fourth-order valence-corrected chi connectivity index (χ4v) is 4.47. The lowest BCUT2D eigenvalue weighted by molar-refractivity contribution is -0.162. The zero-order valence-electron chi connectivity index (χ0n) is 15.7. The molecule has 5 atom stereocenters. The van der Waals surface area contributed by atoms with Crippen LogP contribution in [-0.4, -0.2) is 50.8 Å². The second-order valence-corrected chi connectivity index (χ2v) is 7.98. The quantitative estimate of drug-likeness (QED) is 0.690. The Hall–Kier alpha value is -1.76. The number of piperidine rings is 1. The summed E-state index contributed by atoms with van der Waals surface area (Å²) in [5.41, 5.74) is 0. The fourth-order valence-electron chi connectivity index (χ4n) is 4.47. The molecule has 26 heavy (non-hydrogen) atoms. The van der Waals surface area contributed by atoms with E-state index in [4.69, 9.17) is 0 Å².